The number of nitriles is 1. The quantitative estimate of drug-likeness (QED) is 0.331. The first kappa shape index (κ1) is 21.4. The number of nitrogens with one attached hydrogen (secondary N) is 1. The average molecular weight is 473 g/mol. The van der Waals surface area contributed by atoms with Crippen LogP contribution >= 0.6 is 23.1 Å². The van der Waals surface area contributed by atoms with Crippen LogP contribution in [-0.2, 0) is 17.6 Å². The summed E-state index contributed by atoms with van der Waals surface area (Å²) in [6.07, 6.45) is 2.99. The van der Waals surface area contributed by atoms with Gasteiger partial charge in [-0.3, -0.25) is 14.2 Å². The predicted octanol–water partition coefficient (Wildman–Crippen LogP) is 4.85. The van der Waals surface area contributed by atoms with Crippen molar-refractivity contribution in [1.82, 2.24) is 9.55 Å². The number of amides is 1. The van der Waals surface area contributed by atoms with E-state index in [1.165, 1.54) is 16.6 Å². The number of carbonyl (C=O) groups is 1. The molecule has 0 spiro atoms. The lowest BCUT2D eigenvalue weighted by Crippen LogP contribution is -2.23. The van der Waals surface area contributed by atoms with Crippen LogP contribution in [0.25, 0.3) is 15.9 Å². The van der Waals surface area contributed by atoms with Gasteiger partial charge < -0.3 is 5.32 Å². The second-order valence-electron chi connectivity index (χ2n) is 7.93. The monoisotopic (exact) mass is 472 g/mol. The fourth-order valence-corrected chi connectivity index (χ4v) is 6.11. The molecule has 0 saturated carbocycles. The molecule has 0 saturated heterocycles. The molecule has 6 nitrogen and oxygen atoms in total. The Kier molecular flexibility index (Phi) is 5.75. The summed E-state index contributed by atoms with van der Waals surface area (Å²) in [7, 11) is 0. The van der Waals surface area contributed by atoms with Gasteiger partial charge in [0.15, 0.2) is 5.16 Å². The second kappa shape index (κ2) is 8.85. The highest BCUT2D eigenvalue weighted by Gasteiger charge is 2.24. The standard InChI is InChI=1S/C25H20N4O2S2/c1-15-5-11-18(12-6-15)29-24(31)22-19-3-2-4-20(19)33-23(22)28-25(29)32-14-21(30)27-17-9-7-16(13-26)8-10-17/h5-12H,2-4,14H2,1H3,(H,27,30). The molecule has 1 N–H and O–H groups in total. The summed E-state index contributed by atoms with van der Waals surface area (Å²) in [6.45, 7) is 2.00. The summed E-state index contributed by atoms with van der Waals surface area (Å²) in [4.78, 5) is 33.1. The zero-order chi connectivity index (χ0) is 22.9. The third-order valence-electron chi connectivity index (χ3n) is 5.63. The Morgan fingerprint density at radius 3 is 2.67 bits per heavy atom. The van der Waals surface area contributed by atoms with Crippen molar-refractivity contribution in [2.75, 3.05) is 11.1 Å². The van der Waals surface area contributed by atoms with Crippen LogP contribution in [0.3, 0.4) is 0 Å². The van der Waals surface area contributed by atoms with Gasteiger partial charge in [0.25, 0.3) is 5.56 Å². The van der Waals surface area contributed by atoms with Crippen LogP contribution in [0.4, 0.5) is 5.69 Å². The molecule has 0 unspecified atom stereocenters. The van der Waals surface area contributed by atoms with Crippen molar-refractivity contribution in [3.63, 3.8) is 0 Å². The summed E-state index contributed by atoms with van der Waals surface area (Å²) in [5.41, 5.74) is 4.07. The SMILES string of the molecule is Cc1ccc(-n2c(SCC(=O)Nc3ccc(C#N)cc3)nc3sc4c(c3c2=O)CCC4)cc1. The van der Waals surface area contributed by atoms with Crippen molar-refractivity contribution in [2.24, 2.45) is 0 Å². The highest BCUT2D eigenvalue weighted by molar-refractivity contribution is 7.99. The first-order valence-corrected chi connectivity index (χ1v) is 12.4. The largest absolute Gasteiger partial charge is 0.325 e. The van der Waals surface area contributed by atoms with E-state index in [9.17, 15) is 9.59 Å². The van der Waals surface area contributed by atoms with Crippen molar-refractivity contribution in [2.45, 2.75) is 31.3 Å². The molecule has 0 fully saturated rings. The highest BCUT2D eigenvalue weighted by atomic mass is 32.2. The normalized spacial score (nSPS) is 12.5. The molecular formula is C25H20N4O2S2. The molecule has 4 aromatic rings. The molecule has 164 valence electrons. The minimum absolute atomic E-state index is 0.0711. The second-order valence-corrected chi connectivity index (χ2v) is 9.96. The molecule has 1 amide bonds. The number of anilines is 1. The number of rotatable bonds is 5. The number of hydrogen-bond acceptors (Lipinski definition) is 6. The molecular weight excluding hydrogens is 452 g/mol. The molecule has 0 bridgehead atoms. The number of thioether (sulfide) groups is 1. The van der Waals surface area contributed by atoms with Crippen molar-refractivity contribution < 1.29 is 4.79 Å². The van der Waals surface area contributed by atoms with E-state index >= 15 is 0 Å². The molecule has 0 aliphatic heterocycles. The maximum atomic E-state index is 13.6. The lowest BCUT2D eigenvalue weighted by Gasteiger charge is -2.13. The number of aryl methyl sites for hydroxylation is 3. The van der Waals surface area contributed by atoms with Crippen LogP contribution in [0.2, 0.25) is 0 Å². The summed E-state index contributed by atoms with van der Waals surface area (Å²) in [6, 6.07) is 16.5. The van der Waals surface area contributed by atoms with Gasteiger partial charge in [0, 0.05) is 10.6 Å². The van der Waals surface area contributed by atoms with Gasteiger partial charge in [0.2, 0.25) is 5.91 Å². The summed E-state index contributed by atoms with van der Waals surface area (Å²) in [5.74, 6) is -0.0993. The predicted molar refractivity (Wildman–Crippen MR) is 132 cm³/mol. The van der Waals surface area contributed by atoms with Crippen molar-refractivity contribution in [3.05, 3.63) is 80.5 Å². The minimum atomic E-state index is -0.205. The Bertz CT molecular complexity index is 1460. The van der Waals surface area contributed by atoms with E-state index in [0.717, 1.165) is 46.3 Å². The third kappa shape index (κ3) is 4.17. The van der Waals surface area contributed by atoms with Gasteiger partial charge in [0.05, 0.1) is 28.5 Å². The van der Waals surface area contributed by atoms with E-state index < -0.39 is 0 Å². The molecule has 2 aromatic carbocycles. The van der Waals surface area contributed by atoms with Crippen LogP contribution in [-0.4, -0.2) is 21.2 Å². The maximum Gasteiger partial charge on any atom is 0.267 e. The van der Waals surface area contributed by atoms with E-state index in [-0.39, 0.29) is 17.2 Å². The van der Waals surface area contributed by atoms with Gasteiger partial charge in [-0.2, -0.15) is 5.26 Å². The van der Waals surface area contributed by atoms with E-state index in [1.54, 1.807) is 40.2 Å². The van der Waals surface area contributed by atoms with Gasteiger partial charge in [-0.15, -0.1) is 11.3 Å². The molecule has 33 heavy (non-hydrogen) atoms. The lowest BCUT2D eigenvalue weighted by atomic mass is 10.2. The molecule has 0 radical (unpaired) electrons. The Morgan fingerprint density at radius 2 is 1.94 bits per heavy atom. The van der Waals surface area contributed by atoms with E-state index in [4.69, 9.17) is 10.2 Å². The van der Waals surface area contributed by atoms with E-state index in [0.29, 0.717) is 16.4 Å². The number of aromatic nitrogens is 2. The smallest absolute Gasteiger partial charge is 0.267 e. The van der Waals surface area contributed by atoms with Crippen LogP contribution < -0.4 is 10.9 Å². The zero-order valence-corrected chi connectivity index (χ0v) is 19.6. The van der Waals surface area contributed by atoms with Crippen LogP contribution in [0.15, 0.2) is 58.5 Å². The zero-order valence-electron chi connectivity index (χ0n) is 17.9. The van der Waals surface area contributed by atoms with Crippen LogP contribution in [0.1, 0.15) is 28.0 Å². The van der Waals surface area contributed by atoms with Gasteiger partial charge in [-0.25, -0.2) is 4.98 Å². The van der Waals surface area contributed by atoms with Crippen LogP contribution in [0, 0.1) is 18.3 Å². The summed E-state index contributed by atoms with van der Waals surface area (Å²) < 4.78 is 1.63. The fraction of sp³-hybridized carbons (Fsp3) is 0.200. The van der Waals surface area contributed by atoms with Crippen molar-refractivity contribution >= 4 is 44.9 Å². The molecule has 8 heteroatoms. The Morgan fingerprint density at radius 1 is 1.18 bits per heavy atom. The van der Waals surface area contributed by atoms with Gasteiger partial charge in [-0.05, 0) is 68.1 Å². The number of nitrogens with zero attached hydrogens (tertiary/aromatic N) is 3. The first-order valence-electron chi connectivity index (χ1n) is 10.6. The van der Waals surface area contributed by atoms with Crippen molar-refractivity contribution in [3.8, 4) is 11.8 Å². The number of thiophene rings is 1. The summed E-state index contributed by atoms with van der Waals surface area (Å²) >= 11 is 2.84. The van der Waals surface area contributed by atoms with E-state index in [2.05, 4.69) is 11.4 Å². The number of fused-ring (bicyclic) bond motifs is 3. The molecule has 1 aliphatic carbocycles. The average Bonchev–Trinajstić information content (AvgIpc) is 3.40. The number of benzene rings is 2. The van der Waals surface area contributed by atoms with Crippen molar-refractivity contribution in [1.29, 1.82) is 5.26 Å². The van der Waals surface area contributed by atoms with Crippen LogP contribution in [0.5, 0.6) is 0 Å². The molecule has 2 aromatic heterocycles. The minimum Gasteiger partial charge on any atom is -0.325 e. The van der Waals surface area contributed by atoms with Gasteiger partial charge in [-0.1, -0.05) is 29.5 Å². The first-order chi connectivity index (χ1) is 16.0. The Balaban J connectivity index is 1.48. The molecule has 2 heterocycles. The number of hydrogen-bond donors (Lipinski definition) is 1. The third-order valence-corrected chi connectivity index (χ3v) is 7.75. The Hall–Kier alpha value is -3.41. The maximum absolute atomic E-state index is 13.6. The van der Waals surface area contributed by atoms with Gasteiger partial charge in [0.1, 0.15) is 4.83 Å². The lowest BCUT2D eigenvalue weighted by molar-refractivity contribution is -0.113. The Labute approximate surface area is 198 Å². The molecule has 5 rings (SSSR count). The van der Waals surface area contributed by atoms with E-state index in [1.807, 2.05) is 31.2 Å². The summed E-state index contributed by atoms with van der Waals surface area (Å²) in [5, 5.41) is 13.0. The van der Waals surface area contributed by atoms with Gasteiger partial charge >= 0.3 is 0 Å². The molecule has 1 aliphatic rings. The topological polar surface area (TPSA) is 87.8 Å². The highest BCUT2D eigenvalue weighted by Crippen LogP contribution is 2.36. The number of carbonyl (C=O) groups excluding carboxylic acids is 1. The fourth-order valence-electron chi connectivity index (χ4n) is 4.00. The molecule has 0 atom stereocenters.